The van der Waals surface area contributed by atoms with E-state index in [2.05, 4.69) is 233 Å². The Hall–Kier alpha value is -7.00. The van der Waals surface area contributed by atoms with Crippen molar-refractivity contribution in [1.29, 1.82) is 0 Å². The predicted octanol–water partition coefficient (Wildman–Crippen LogP) is 16.5. The lowest BCUT2D eigenvalue weighted by molar-refractivity contribution is 0.660. The fourth-order valence-corrected chi connectivity index (χ4v) is 13.0. The van der Waals surface area contributed by atoms with E-state index in [1.54, 1.807) is 0 Å². The summed E-state index contributed by atoms with van der Waals surface area (Å²) in [5.41, 5.74) is 21.6. The van der Waals surface area contributed by atoms with Crippen molar-refractivity contribution in [3.05, 3.63) is 245 Å². The van der Waals surface area contributed by atoms with Gasteiger partial charge in [0.1, 0.15) is 0 Å². The lowest BCUT2D eigenvalue weighted by Gasteiger charge is -2.34. The van der Waals surface area contributed by atoms with Gasteiger partial charge in [-0.2, -0.15) is 0 Å². The van der Waals surface area contributed by atoms with E-state index >= 15 is 0 Å². The summed E-state index contributed by atoms with van der Waals surface area (Å²) in [4.78, 5) is 2.51. The van der Waals surface area contributed by atoms with Crippen molar-refractivity contribution in [1.82, 2.24) is 0 Å². The molecule has 1 aromatic heterocycles. The normalized spacial score (nSPS) is 15.4. The second kappa shape index (κ2) is 13.0. The van der Waals surface area contributed by atoms with Crippen molar-refractivity contribution in [3.63, 3.8) is 0 Å². The fraction of sp³-hybridized carbons (Fsp3) is 0.115. The molecule has 63 heavy (non-hydrogen) atoms. The monoisotopic (exact) mass is 823 g/mol. The van der Waals surface area contributed by atoms with Gasteiger partial charge in [0.05, 0.1) is 5.41 Å². The zero-order chi connectivity index (χ0) is 42.2. The SMILES string of the molecule is CC1(C)c2ccccc2-c2ccc(N(c3ccc4c(c3)C(C)(C)c3ccccc3-4)c3ccc4sc5ccc(C6(c7ccccc7)c7ccccc7-c7ccccc76)cc5c4c3)cc21. The average molecular weight is 824 g/mol. The molecule has 0 spiro atoms. The zero-order valence-corrected chi connectivity index (χ0v) is 36.7. The minimum Gasteiger partial charge on any atom is -0.310 e. The Morgan fingerprint density at radius 3 is 1.25 bits per heavy atom. The van der Waals surface area contributed by atoms with Gasteiger partial charge in [-0.1, -0.05) is 173 Å². The molecule has 300 valence electrons. The van der Waals surface area contributed by atoms with E-state index in [9.17, 15) is 0 Å². The summed E-state index contributed by atoms with van der Waals surface area (Å²) in [6, 6.07) is 75.9. The number of fused-ring (bicyclic) bond motifs is 12. The predicted molar refractivity (Wildman–Crippen MR) is 266 cm³/mol. The van der Waals surface area contributed by atoms with Crippen LogP contribution in [0.4, 0.5) is 17.1 Å². The molecule has 10 aromatic rings. The van der Waals surface area contributed by atoms with E-state index in [-0.39, 0.29) is 10.8 Å². The molecule has 9 aromatic carbocycles. The van der Waals surface area contributed by atoms with Gasteiger partial charge in [-0.05, 0) is 132 Å². The van der Waals surface area contributed by atoms with Crippen molar-refractivity contribution in [3.8, 4) is 33.4 Å². The molecule has 0 aliphatic heterocycles. The highest BCUT2D eigenvalue weighted by molar-refractivity contribution is 7.25. The molecule has 3 aliphatic carbocycles. The van der Waals surface area contributed by atoms with Crippen molar-refractivity contribution >= 4 is 48.6 Å². The second-order valence-electron chi connectivity index (χ2n) is 18.8. The van der Waals surface area contributed by atoms with Gasteiger partial charge in [0.2, 0.25) is 0 Å². The van der Waals surface area contributed by atoms with Gasteiger partial charge in [-0.15, -0.1) is 11.3 Å². The van der Waals surface area contributed by atoms with Crippen LogP contribution in [0, 0.1) is 0 Å². The number of nitrogens with zero attached hydrogens (tertiary/aromatic N) is 1. The number of thiophene rings is 1. The first kappa shape index (κ1) is 36.6. The van der Waals surface area contributed by atoms with Crippen molar-refractivity contribution < 1.29 is 0 Å². The highest BCUT2D eigenvalue weighted by Crippen LogP contribution is 2.58. The highest BCUT2D eigenvalue weighted by Gasteiger charge is 2.46. The molecule has 13 rings (SSSR count). The van der Waals surface area contributed by atoms with Crippen LogP contribution in [0.1, 0.15) is 72.2 Å². The Labute approximate surface area is 373 Å². The summed E-state index contributed by atoms with van der Waals surface area (Å²) in [5.74, 6) is 0. The molecule has 0 atom stereocenters. The maximum atomic E-state index is 2.51. The van der Waals surface area contributed by atoms with Crippen LogP contribution in [-0.2, 0) is 16.2 Å². The van der Waals surface area contributed by atoms with Gasteiger partial charge in [0.15, 0.2) is 0 Å². The molecule has 0 bridgehead atoms. The lowest BCUT2D eigenvalue weighted by atomic mass is 9.67. The Morgan fingerprint density at radius 1 is 0.317 bits per heavy atom. The third-order valence-corrected chi connectivity index (χ3v) is 16.1. The minimum atomic E-state index is -0.454. The van der Waals surface area contributed by atoms with E-state index < -0.39 is 5.41 Å². The number of hydrogen-bond acceptors (Lipinski definition) is 2. The summed E-state index contributed by atoms with van der Waals surface area (Å²) in [5, 5.41) is 2.58. The molecule has 2 heteroatoms. The summed E-state index contributed by atoms with van der Waals surface area (Å²) < 4.78 is 2.59. The Morgan fingerprint density at radius 2 is 0.714 bits per heavy atom. The van der Waals surface area contributed by atoms with Crippen LogP contribution >= 0.6 is 11.3 Å². The second-order valence-corrected chi connectivity index (χ2v) is 19.9. The van der Waals surface area contributed by atoms with E-state index in [1.165, 1.54) is 109 Å². The molecule has 1 nitrogen and oxygen atoms in total. The van der Waals surface area contributed by atoms with Gasteiger partial charge >= 0.3 is 0 Å². The molecule has 0 fully saturated rings. The van der Waals surface area contributed by atoms with Gasteiger partial charge in [-0.25, -0.2) is 0 Å². The van der Waals surface area contributed by atoms with Crippen molar-refractivity contribution in [2.24, 2.45) is 0 Å². The molecule has 0 saturated heterocycles. The summed E-state index contributed by atoms with van der Waals surface area (Å²) >= 11 is 1.89. The molecule has 0 amide bonds. The maximum absolute atomic E-state index is 2.51. The number of benzene rings is 9. The summed E-state index contributed by atoms with van der Waals surface area (Å²) in [6.45, 7) is 9.52. The number of anilines is 3. The van der Waals surface area contributed by atoms with Crippen LogP contribution in [0.15, 0.2) is 200 Å². The molecule has 0 unspecified atom stereocenters. The smallest absolute Gasteiger partial charge is 0.0713 e. The standard InChI is InChI=1S/C61H45NS/c1-59(2)51-22-12-8-18-43(51)47-30-27-41(36-55(47)59)62(42-28-31-48-44-19-9-13-23-52(44)60(3,4)56(48)37-42)40-29-33-58-50(35-40)49-34-39(26-32-57(49)63-58)61(38-16-6-5-7-17-38)53-24-14-10-20-45(53)46-21-11-15-25-54(46)61/h5-37H,1-4H3. The van der Waals surface area contributed by atoms with Crippen LogP contribution < -0.4 is 4.90 Å². The van der Waals surface area contributed by atoms with Crippen molar-refractivity contribution in [2.75, 3.05) is 4.90 Å². The number of hydrogen-bond donors (Lipinski definition) is 0. The van der Waals surface area contributed by atoms with Crippen LogP contribution in [0.5, 0.6) is 0 Å². The molecule has 0 saturated carbocycles. The van der Waals surface area contributed by atoms with Crippen LogP contribution in [0.25, 0.3) is 53.6 Å². The third kappa shape index (κ3) is 4.93. The molecule has 0 N–H and O–H groups in total. The Kier molecular flexibility index (Phi) is 7.57. The largest absolute Gasteiger partial charge is 0.310 e. The van der Waals surface area contributed by atoms with Gasteiger partial charge in [0.25, 0.3) is 0 Å². The minimum absolute atomic E-state index is 0.120. The van der Waals surface area contributed by atoms with Crippen LogP contribution in [-0.4, -0.2) is 0 Å². The van der Waals surface area contributed by atoms with Crippen LogP contribution in [0.3, 0.4) is 0 Å². The molecule has 0 radical (unpaired) electrons. The first-order valence-corrected chi connectivity index (χ1v) is 23.1. The van der Waals surface area contributed by atoms with Gasteiger partial charge in [0, 0.05) is 48.1 Å². The quantitative estimate of drug-likeness (QED) is 0.167. The van der Waals surface area contributed by atoms with E-state index in [0.717, 1.165) is 5.69 Å². The van der Waals surface area contributed by atoms with E-state index in [4.69, 9.17) is 0 Å². The van der Waals surface area contributed by atoms with E-state index in [0.29, 0.717) is 0 Å². The zero-order valence-electron chi connectivity index (χ0n) is 35.9. The first-order valence-electron chi connectivity index (χ1n) is 22.3. The van der Waals surface area contributed by atoms with Crippen molar-refractivity contribution in [2.45, 2.75) is 43.9 Å². The number of rotatable bonds is 5. The Bertz CT molecular complexity index is 3380. The van der Waals surface area contributed by atoms with Gasteiger partial charge < -0.3 is 4.90 Å². The summed E-state index contributed by atoms with van der Waals surface area (Å²) in [7, 11) is 0. The first-order chi connectivity index (χ1) is 30.7. The van der Waals surface area contributed by atoms with E-state index in [1.807, 2.05) is 11.3 Å². The molecule has 1 heterocycles. The molecular weight excluding hydrogens is 779 g/mol. The van der Waals surface area contributed by atoms with Gasteiger partial charge in [-0.3, -0.25) is 0 Å². The third-order valence-electron chi connectivity index (χ3n) is 15.0. The lowest BCUT2D eigenvalue weighted by Crippen LogP contribution is -2.28. The average Bonchev–Trinajstić information content (AvgIpc) is 3.98. The summed E-state index contributed by atoms with van der Waals surface area (Å²) in [6.07, 6.45) is 0. The fourth-order valence-electron chi connectivity index (χ4n) is 12.0. The molecule has 3 aliphatic rings. The topological polar surface area (TPSA) is 3.24 Å². The van der Waals surface area contributed by atoms with Crippen LogP contribution in [0.2, 0.25) is 0 Å². The highest BCUT2D eigenvalue weighted by atomic mass is 32.1. The molecular formula is C61H45NS. The maximum Gasteiger partial charge on any atom is 0.0713 e. The Balaban J connectivity index is 1.03.